The summed E-state index contributed by atoms with van der Waals surface area (Å²) in [5, 5.41) is 12.9. The first-order valence-corrected chi connectivity index (χ1v) is 7.45. The van der Waals surface area contributed by atoms with Gasteiger partial charge in [0.15, 0.2) is 0 Å². The number of aliphatic hydroxyl groups is 1. The highest BCUT2D eigenvalue weighted by atomic mass is 79.9. The van der Waals surface area contributed by atoms with Gasteiger partial charge >= 0.3 is 0 Å². The van der Waals surface area contributed by atoms with Gasteiger partial charge in [-0.2, -0.15) is 0 Å². The number of thiophene rings is 1. The molecule has 1 aromatic heterocycles. The fraction of sp³-hybridized carbons (Fsp3) is 0.286. The number of rotatable bonds is 5. The monoisotopic (exact) mass is 325 g/mol. The van der Waals surface area contributed by atoms with Crippen molar-refractivity contribution >= 4 is 27.3 Å². The van der Waals surface area contributed by atoms with E-state index >= 15 is 0 Å². The summed E-state index contributed by atoms with van der Waals surface area (Å²) < 4.78 is 1.11. The maximum atomic E-state index is 9.49. The lowest BCUT2D eigenvalue weighted by molar-refractivity contribution is 0.245. The molecule has 1 heterocycles. The van der Waals surface area contributed by atoms with Crippen LogP contribution in [0.1, 0.15) is 21.4 Å². The Morgan fingerprint density at radius 1 is 1.33 bits per heavy atom. The summed E-state index contributed by atoms with van der Waals surface area (Å²) in [4.78, 5) is 2.41. The van der Waals surface area contributed by atoms with Crippen LogP contribution in [0, 0.1) is 6.92 Å². The molecule has 2 nitrogen and oxygen atoms in total. The minimum atomic E-state index is 0.000191. The molecular weight excluding hydrogens is 310 g/mol. The zero-order chi connectivity index (χ0) is 13.0. The van der Waals surface area contributed by atoms with Crippen LogP contribution in [0.4, 0.5) is 0 Å². The van der Waals surface area contributed by atoms with Crippen molar-refractivity contribution in [2.75, 3.05) is 6.61 Å². The molecule has 1 atom stereocenters. The topological polar surface area (TPSA) is 32.3 Å². The maximum absolute atomic E-state index is 9.49. The number of aryl methyl sites for hydroxylation is 1. The van der Waals surface area contributed by atoms with Gasteiger partial charge in [0.25, 0.3) is 0 Å². The molecule has 0 amide bonds. The van der Waals surface area contributed by atoms with Crippen LogP contribution in [-0.2, 0) is 6.54 Å². The molecule has 96 valence electrons. The van der Waals surface area contributed by atoms with E-state index in [9.17, 15) is 5.11 Å². The molecule has 0 saturated carbocycles. The van der Waals surface area contributed by atoms with Crippen LogP contribution in [0.3, 0.4) is 0 Å². The van der Waals surface area contributed by atoms with Crippen LogP contribution in [0.5, 0.6) is 0 Å². The molecule has 1 unspecified atom stereocenters. The minimum Gasteiger partial charge on any atom is -0.394 e. The average Bonchev–Trinajstić information content (AvgIpc) is 2.71. The molecule has 2 aromatic rings. The second-order valence-corrected chi connectivity index (χ2v) is 6.30. The lowest BCUT2D eigenvalue weighted by Crippen LogP contribution is -2.23. The molecule has 2 rings (SSSR count). The van der Waals surface area contributed by atoms with E-state index in [1.807, 2.05) is 18.2 Å². The van der Waals surface area contributed by atoms with Gasteiger partial charge in [-0.05, 0) is 34.5 Å². The molecule has 0 bridgehead atoms. The molecular formula is C14H16BrNOS. The van der Waals surface area contributed by atoms with Gasteiger partial charge in [-0.1, -0.05) is 30.3 Å². The molecule has 0 radical (unpaired) electrons. The molecule has 1 aromatic carbocycles. The van der Waals surface area contributed by atoms with Crippen molar-refractivity contribution in [3.05, 3.63) is 56.2 Å². The fourth-order valence-corrected chi connectivity index (χ4v) is 3.37. The van der Waals surface area contributed by atoms with Crippen molar-refractivity contribution in [1.82, 2.24) is 5.32 Å². The zero-order valence-electron chi connectivity index (χ0n) is 10.2. The Morgan fingerprint density at radius 3 is 2.61 bits per heavy atom. The molecule has 0 saturated heterocycles. The van der Waals surface area contributed by atoms with Gasteiger partial charge in [0, 0.05) is 20.8 Å². The standard InChI is InChI=1S/C14H16BrNOS/c1-10-12(15)7-14(18-10)13(9-17)16-8-11-5-3-2-4-6-11/h2-7,13,16-17H,8-9H2,1H3. The second-order valence-electron chi connectivity index (χ2n) is 4.15. The zero-order valence-corrected chi connectivity index (χ0v) is 12.6. The number of hydrogen-bond acceptors (Lipinski definition) is 3. The summed E-state index contributed by atoms with van der Waals surface area (Å²) in [6.07, 6.45) is 0. The predicted octanol–water partition coefficient (Wildman–Crippen LogP) is 3.64. The minimum absolute atomic E-state index is 0.000191. The maximum Gasteiger partial charge on any atom is 0.0652 e. The highest BCUT2D eigenvalue weighted by Crippen LogP contribution is 2.30. The summed E-state index contributed by atoms with van der Waals surface area (Å²) in [7, 11) is 0. The summed E-state index contributed by atoms with van der Waals surface area (Å²) in [6.45, 7) is 2.95. The third kappa shape index (κ3) is 3.42. The molecule has 0 spiro atoms. The van der Waals surface area contributed by atoms with Gasteiger partial charge in [-0.3, -0.25) is 0 Å². The average molecular weight is 326 g/mol. The van der Waals surface area contributed by atoms with E-state index in [0.29, 0.717) is 0 Å². The molecule has 2 N–H and O–H groups in total. The van der Waals surface area contributed by atoms with Crippen molar-refractivity contribution in [2.45, 2.75) is 19.5 Å². The smallest absolute Gasteiger partial charge is 0.0652 e. The third-order valence-electron chi connectivity index (χ3n) is 2.80. The van der Waals surface area contributed by atoms with E-state index in [4.69, 9.17) is 0 Å². The van der Waals surface area contributed by atoms with Gasteiger partial charge < -0.3 is 10.4 Å². The van der Waals surface area contributed by atoms with Crippen LogP contribution < -0.4 is 5.32 Å². The number of aliphatic hydroxyl groups excluding tert-OH is 1. The van der Waals surface area contributed by atoms with E-state index in [1.165, 1.54) is 10.4 Å². The van der Waals surface area contributed by atoms with E-state index < -0.39 is 0 Å². The Morgan fingerprint density at radius 2 is 2.06 bits per heavy atom. The Kier molecular flexibility index (Phi) is 4.95. The van der Waals surface area contributed by atoms with Gasteiger partial charge in [-0.25, -0.2) is 0 Å². The Hall–Kier alpha value is -0.680. The Labute approximate surface area is 120 Å². The van der Waals surface area contributed by atoms with Crippen molar-refractivity contribution in [3.63, 3.8) is 0 Å². The molecule has 0 fully saturated rings. The fourth-order valence-electron chi connectivity index (χ4n) is 1.75. The highest BCUT2D eigenvalue weighted by molar-refractivity contribution is 9.10. The molecule has 0 aliphatic carbocycles. The predicted molar refractivity (Wildman–Crippen MR) is 79.9 cm³/mol. The molecule has 18 heavy (non-hydrogen) atoms. The first-order chi connectivity index (χ1) is 8.70. The summed E-state index contributed by atoms with van der Waals surface area (Å²) in [6, 6.07) is 12.3. The van der Waals surface area contributed by atoms with Crippen molar-refractivity contribution < 1.29 is 5.11 Å². The highest BCUT2D eigenvalue weighted by Gasteiger charge is 2.13. The normalized spacial score (nSPS) is 12.6. The lowest BCUT2D eigenvalue weighted by atomic mass is 10.2. The Balaban J connectivity index is 2.02. The summed E-state index contributed by atoms with van der Waals surface area (Å²) in [5.74, 6) is 0. The number of hydrogen-bond donors (Lipinski definition) is 2. The van der Waals surface area contributed by atoms with Crippen LogP contribution in [-0.4, -0.2) is 11.7 Å². The third-order valence-corrected chi connectivity index (χ3v) is 5.05. The van der Waals surface area contributed by atoms with Crippen molar-refractivity contribution in [1.29, 1.82) is 0 Å². The first kappa shape index (κ1) is 13.7. The van der Waals surface area contributed by atoms with E-state index in [1.54, 1.807) is 11.3 Å². The lowest BCUT2D eigenvalue weighted by Gasteiger charge is -2.14. The van der Waals surface area contributed by atoms with Crippen LogP contribution in [0.25, 0.3) is 0 Å². The number of halogens is 1. The summed E-state index contributed by atoms with van der Waals surface area (Å²) >= 11 is 5.22. The molecule has 4 heteroatoms. The Bertz CT molecular complexity index is 478. The van der Waals surface area contributed by atoms with E-state index in [2.05, 4.69) is 46.4 Å². The van der Waals surface area contributed by atoms with Crippen molar-refractivity contribution in [3.8, 4) is 0 Å². The quantitative estimate of drug-likeness (QED) is 0.879. The van der Waals surface area contributed by atoms with Crippen LogP contribution in [0.15, 0.2) is 40.9 Å². The van der Waals surface area contributed by atoms with Crippen LogP contribution >= 0.6 is 27.3 Å². The van der Waals surface area contributed by atoms with Gasteiger partial charge in [0.2, 0.25) is 0 Å². The van der Waals surface area contributed by atoms with Crippen LogP contribution in [0.2, 0.25) is 0 Å². The van der Waals surface area contributed by atoms with E-state index in [0.717, 1.165) is 15.9 Å². The van der Waals surface area contributed by atoms with Crippen molar-refractivity contribution in [2.24, 2.45) is 0 Å². The number of benzene rings is 1. The largest absolute Gasteiger partial charge is 0.394 e. The SMILES string of the molecule is Cc1sc(C(CO)NCc2ccccc2)cc1Br. The summed E-state index contributed by atoms with van der Waals surface area (Å²) in [5.41, 5.74) is 1.23. The van der Waals surface area contributed by atoms with E-state index in [-0.39, 0.29) is 12.6 Å². The molecule has 0 aliphatic heterocycles. The number of nitrogens with one attached hydrogen (secondary N) is 1. The second kappa shape index (κ2) is 6.48. The van der Waals surface area contributed by atoms with Gasteiger partial charge in [0.05, 0.1) is 12.6 Å². The van der Waals surface area contributed by atoms with Gasteiger partial charge in [0.1, 0.15) is 0 Å². The first-order valence-electron chi connectivity index (χ1n) is 5.84. The molecule has 0 aliphatic rings. The van der Waals surface area contributed by atoms with Gasteiger partial charge in [-0.15, -0.1) is 11.3 Å².